The molecule has 0 radical (unpaired) electrons. The average molecular weight is 169 g/mol. The number of nitrogen functional groups attached to an aromatic ring is 1. The second-order valence-corrected chi connectivity index (χ2v) is 2.71. The summed E-state index contributed by atoms with van der Waals surface area (Å²) < 4.78 is 0. The minimum Gasteiger partial charge on any atom is -0.396 e. The van der Waals surface area contributed by atoms with E-state index in [-0.39, 0.29) is 0 Å². The van der Waals surface area contributed by atoms with Gasteiger partial charge in [-0.1, -0.05) is 12.1 Å². The van der Waals surface area contributed by atoms with E-state index in [2.05, 4.69) is 4.98 Å². The van der Waals surface area contributed by atoms with Crippen molar-refractivity contribution in [1.29, 1.82) is 5.26 Å². The van der Waals surface area contributed by atoms with Gasteiger partial charge in [0.15, 0.2) is 0 Å². The summed E-state index contributed by atoms with van der Waals surface area (Å²) >= 11 is 0. The molecule has 0 amide bonds. The van der Waals surface area contributed by atoms with Crippen molar-refractivity contribution < 1.29 is 0 Å². The highest BCUT2D eigenvalue weighted by Gasteiger charge is 2.03. The van der Waals surface area contributed by atoms with Gasteiger partial charge >= 0.3 is 0 Å². The lowest BCUT2D eigenvalue weighted by molar-refractivity contribution is 1.40. The largest absolute Gasteiger partial charge is 0.396 e. The van der Waals surface area contributed by atoms with Gasteiger partial charge in [-0.2, -0.15) is 5.26 Å². The molecule has 62 valence electrons. The number of hydrogen-bond acceptors (Lipinski definition) is 3. The van der Waals surface area contributed by atoms with Gasteiger partial charge in [-0.25, -0.2) is 0 Å². The van der Waals surface area contributed by atoms with Crippen LogP contribution in [0.15, 0.2) is 30.5 Å². The van der Waals surface area contributed by atoms with Crippen molar-refractivity contribution in [3.8, 4) is 6.07 Å². The third kappa shape index (κ3) is 1.09. The highest BCUT2D eigenvalue weighted by atomic mass is 14.7. The maximum Gasteiger partial charge on any atom is 0.101 e. The van der Waals surface area contributed by atoms with Crippen molar-refractivity contribution in [2.45, 2.75) is 0 Å². The fourth-order valence-corrected chi connectivity index (χ4v) is 1.27. The zero-order chi connectivity index (χ0) is 9.26. The van der Waals surface area contributed by atoms with Gasteiger partial charge in [0.25, 0.3) is 0 Å². The molecule has 0 saturated heterocycles. The Morgan fingerprint density at radius 3 is 2.92 bits per heavy atom. The fourth-order valence-electron chi connectivity index (χ4n) is 1.27. The molecule has 0 aliphatic carbocycles. The van der Waals surface area contributed by atoms with Crippen LogP contribution in [-0.2, 0) is 0 Å². The first-order chi connectivity index (χ1) is 6.33. The zero-order valence-corrected chi connectivity index (χ0v) is 6.86. The highest BCUT2D eigenvalue weighted by molar-refractivity contribution is 5.91. The smallest absolute Gasteiger partial charge is 0.101 e. The van der Waals surface area contributed by atoms with Crippen molar-refractivity contribution in [2.75, 3.05) is 5.73 Å². The van der Waals surface area contributed by atoms with Gasteiger partial charge in [0.05, 0.1) is 16.8 Å². The summed E-state index contributed by atoms with van der Waals surface area (Å²) in [5.74, 6) is 0. The second kappa shape index (κ2) is 2.76. The number of pyridine rings is 1. The molecule has 0 aliphatic heterocycles. The van der Waals surface area contributed by atoms with E-state index in [1.54, 1.807) is 12.3 Å². The molecule has 0 spiro atoms. The van der Waals surface area contributed by atoms with Crippen molar-refractivity contribution >= 4 is 16.6 Å². The van der Waals surface area contributed by atoms with E-state index in [1.807, 2.05) is 24.3 Å². The van der Waals surface area contributed by atoms with E-state index in [4.69, 9.17) is 11.0 Å². The number of rotatable bonds is 0. The van der Waals surface area contributed by atoms with E-state index >= 15 is 0 Å². The third-order valence-electron chi connectivity index (χ3n) is 1.93. The predicted molar refractivity (Wildman–Crippen MR) is 50.9 cm³/mol. The van der Waals surface area contributed by atoms with E-state index in [9.17, 15) is 0 Å². The number of anilines is 1. The van der Waals surface area contributed by atoms with Crippen molar-refractivity contribution in [2.24, 2.45) is 0 Å². The van der Waals surface area contributed by atoms with Crippen molar-refractivity contribution in [1.82, 2.24) is 4.98 Å². The van der Waals surface area contributed by atoms with E-state index in [1.165, 1.54) is 0 Å². The molecular weight excluding hydrogens is 162 g/mol. The minimum atomic E-state index is 0.459. The Morgan fingerprint density at radius 1 is 1.31 bits per heavy atom. The summed E-state index contributed by atoms with van der Waals surface area (Å²) in [6, 6.07) is 9.33. The van der Waals surface area contributed by atoms with Crippen LogP contribution in [0.3, 0.4) is 0 Å². The number of aromatic nitrogens is 1. The normalized spacial score (nSPS) is 9.77. The molecule has 13 heavy (non-hydrogen) atoms. The molecule has 2 rings (SSSR count). The number of nitrogens with zero attached hydrogens (tertiary/aromatic N) is 2. The molecule has 1 aromatic heterocycles. The third-order valence-corrected chi connectivity index (χ3v) is 1.93. The SMILES string of the molecule is N#Cc1ccc2cccnc2c1N. The van der Waals surface area contributed by atoms with Crippen molar-refractivity contribution in [3.63, 3.8) is 0 Å². The molecule has 0 aliphatic rings. The molecule has 0 unspecified atom stereocenters. The van der Waals surface area contributed by atoms with Gasteiger partial charge in [-0.3, -0.25) is 4.98 Å². The number of fused-ring (bicyclic) bond motifs is 1. The van der Waals surface area contributed by atoms with Crippen LogP contribution in [0.5, 0.6) is 0 Å². The Morgan fingerprint density at radius 2 is 2.15 bits per heavy atom. The first-order valence-corrected chi connectivity index (χ1v) is 3.86. The van der Waals surface area contributed by atoms with Gasteiger partial charge in [0.1, 0.15) is 6.07 Å². The summed E-state index contributed by atoms with van der Waals surface area (Å²) in [4.78, 5) is 4.11. The summed E-state index contributed by atoms with van der Waals surface area (Å²) in [6.07, 6.45) is 1.67. The zero-order valence-electron chi connectivity index (χ0n) is 6.86. The molecule has 3 heteroatoms. The quantitative estimate of drug-likeness (QED) is 0.610. The molecule has 0 saturated carbocycles. The number of nitriles is 1. The molecule has 1 heterocycles. The second-order valence-electron chi connectivity index (χ2n) is 2.71. The molecular formula is C10H7N3. The number of hydrogen-bond donors (Lipinski definition) is 1. The van der Waals surface area contributed by atoms with Gasteiger partial charge < -0.3 is 5.73 Å². The molecule has 0 atom stereocenters. The van der Waals surface area contributed by atoms with Crippen LogP contribution < -0.4 is 5.73 Å². The maximum atomic E-state index is 8.72. The predicted octanol–water partition coefficient (Wildman–Crippen LogP) is 1.69. The van der Waals surface area contributed by atoms with Crippen molar-refractivity contribution in [3.05, 3.63) is 36.0 Å². The summed E-state index contributed by atoms with van der Waals surface area (Å²) in [7, 11) is 0. The molecule has 2 aromatic rings. The lowest BCUT2D eigenvalue weighted by Crippen LogP contribution is -1.93. The van der Waals surface area contributed by atoms with Crippen LogP contribution in [0.2, 0.25) is 0 Å². The maximum absolute atomic E-state index is 8.72. The topological polar surface area (TPSA) is 62.7 Å². The fraction of sp³-hybridized carbons (Fsp3) is 0. The number of benzene rings is 1. The standard InChI is InChI=1S/C10H7N3/c11-6-8-4-3-7-2-1-5-13-10(7)9(8)12/h1-5H,12H2. The summed E-state index contributed by atoms with van der Waals surface area (Å²) in [6.45, 7) is 0. The Kier molecular flexibility index (Phi) is 1.60. The first-order valence-electron chi connectivity index (χ1n) is 3.86. The summed E-state index contributed by atoms with van der Waals surface area (Å²) in [5.41, 5.74) is 7.38. The lowest BCUT2D eigenvalue weighted by atomic mass is 10.1. The molecule has 1 aromatic carbocycles. The van der Waals surface area contributed by atoms with E-state index in [0.29, 0.717) is 16.8 Å². The van der Waals surface area contributed by atoms with Gasteiger partial charge in [0, 0.05) is 11.6 Å². The van der Waals surface area contributed by atoms with E-state index < -0.39 is 0 Å². The van der Waals surface area contributed by atoms with Gasteiger partial charge in [0.2, 0.25) is 0 Å². The highest BCUT2D eigenvalue weighted by Crippen LogP contribution is 2.21. The molecule has 0 bridgehead atoms. The van der Waals surface area contributed by atoms with Crippen LogP contribution in [0.4, 0.5) is 5.69 Å². The van der Waals surface area contributed by atoms with Crippen LogP contribution in [0.25, 0.3) is 10.9 Å². The Labute approximate surface area is 75.4 Å². The minimum absolute atomic E-state index is 0.459. The first kappa shape index (κ1) is 7.56. The van der Waals surface area contributed by atoms with Crippen LogP contribution >= 0.6 is 0 Å². The Balaban J connectivity index is 2.89. The van der Waals surface area contributed by atoms with Crippen LogP contribution in [-0.4, -0.2) is 4.98 Å². The summed E-state index contributed by atoms with van der Waals surface area (Å²) in [5, 5.41) is 9.68. The molecule has 3 nitrogen and oxygen atoms in total. The van der Waals surface area contributed by atoms with Gasteiger partial charge in [-0.15, -0.1) is 0 Å². The van der Waals surface area contributed by atoms with Crippen LogP contribution in [0.1, 0.15) is 5.56 Å². The molecule has 2 N–H and O–H groups in total. The van der Waals surface area contributed by atoms with Gasteiger partial charge in [-0.05, 0) is 12.1 Å². The Hall–Kier alpha value is -2.08. The van der Waals surface area contributed by atoms with E-state index in [0.717, 1.165) is 5.39 Å². The average Bonchev–Trinajstić information content (AvgIpc) is 2.19. The van der Waals surface area contributed by atoms with Crippen LogP contribution in [0, 0.1) is 11.3 Å². The number of nitrogens with two attached hydrogens (primary N) is 1. The molecule has 0 fully saturated rings. The monoisotopic (exact) mass is 169 g/mol. The lowest BCUT2D eigenvalue weighted by Gasteiger charge is -2.01. The Bertz CT molecular complexity index is 497.